The predicted molar refractivity (Wildman–Crippen MR) is 98.2 cm³/mol. The zero-order chi connectivity index (χ0) is 18.7. The van der Waals surface area contributed by atoms with Crippen LogP contribution in [0.5, 0.6) is 0 Å². The van der Waals surface area contributed by atoms with Crippen LogP contribution in [0.1, 0.15) is 39.4 Å². The summed E-state index contributed by atoms with van der Waals surface area (Å²) in [5.74, 6) is -0.402. The van der Waals surface area contributed by atoms with Crippen molar-refractivity contribution < 1.29 is 18.8 Å². The van der Waals surface area contributed by atoms with Crippen molar-refractivity contribution in [2.75, 3.05) is 13.2 Å². The fourth-order valence-corrected chi connectivity index (χ4v) is 3.34. The van der Waals surface area contributed by atoms with Gasteiger partial charge in [0, 0.05) is 17.0 Å². The maximum absolute atomic E-state index is 11.3. The molecule has 4 heterocycles. The number of rotatable bonds is 4. The average Bonchev–Trinajstić information content (AvgIpc) is 2.92. The number of fused-ring (bicyclic) bond motifs is 1. The molecular formula is C18H24BN3O4. The van der Waals surface area contributed by atoms with Crippen molar-refractivity contribution in [1.82, 2.24) is 9.55 Å². The van der Waals surface area contributed by atoms with E-state index in [-0.39, 0.29) is 12.5 Å². The Kier molecular flexibility index (Phi) is 3.91. The summed E-state index contributed by atoms with van der Waals surface area (Å²) in [6, 6.07) is 2.19. The lowest BCUT2D eigenvalue weighted by atomic mass is 9.79. The zero-order valence-corrected chi connectivity index (χ0v) is 15.6. The molecule has 2 aliphatic rings. The molecule has 2 fully saturated rings. The quantitative estimate of drug-likeness (QED) is 0.823. The molecule has 26 heavy (non-hydrogen) atoms. The lowest BCUT2D eigenvalue weighted by molar-refractivity contribution is -0.117. The molecule has 2 N–H and O–H groups in total. The van der Waals surface area contributed by atoms with Crippen LogP contribution >= 0.6 is 0 Å². The molecule has 4 rings (SSSR count). The van der Waals surface area contributed by atoms with Gasteiger partial charge < -0.3 is 24.3 Å². The Morgan fingerprint density at radius 1 is 1.31 bits per heavy atom. The van der Waals surface area contributed by atoms with Crippen LogP contribution in [0.3, 0.4) is 0 Å². The van der Waals surface area contributed by atoms with Gasteiger partial charge in [-0.05, 0) is 33.8 Å². The maximum Gasteiger partial charge on any atom is 0.497 e. The van der Waals surface area contributed by atoms with Gasteiger partial charge in [0.25, 0.3) is 0 Å². The van der Waals surface area contributed by atoms with Gasteiger partial charge in [0.2, 0.25) is 5.91 Å². The molecule has 2 aliphatic heterocycles. The summed E-state index contributed by atoms with van der Waals surface area (Å²) in [5.41, 5.74) is 7.06. The van der Waals surface area contributed by atoms with Gasteiger partial charge >= 0.3 is 7.12 Å². The van der Waals surface area contributed by atoms with Gasteiger partial charge in [0.15, 0.2) is 0 Å². The lowest BCUT2D eigenvalue weighted by Crippen LogP contribution is -2.41. The van der Waals surface area contributed by atoms with Crippen LogP contribution in [0.25, 0.3) is 10.9 Å². The molecular weight excluding hydrogens is 333 g/mol. The monoisotopic (exact) mass is 357 g/mol. The van der Waals surface area contributed by atoms with E-state index in [0.717, 1.165) is 16.4 Å². The fraction of sp³-hybridized carbons (Fsp3) is 0.556. The fourth-order valence-electron chi connectivity index (χ4n) is 3.34. The minimum absolute atomic E-state index is 0.108. The molecule has 0 bridgehead atoms. The number of nitrogens with zero attached hydrogens (tertiary/aromatic N) is 2. The molecule has 0 aliphatic carbocycles. The van der Waals surface area contributed by atoms with Crippen molar-refractivity contribution in [2.24, 2.45) is 5.73 Å². The Morgan fingerprint density at radius 3 is 2.50 bits per heavy atom. The number of pyridine rings is 1. The normalized spacial score (nSPS) is 21.9. The van der Waals surface area contributed by atoms with Crippen LogP contribution < -0.4 is 11.2 Å². The zero-order valence-electron chi connectivity index (χ0n) is 15.6. The van der Waals surface area contributed by atoms with E-state index in [0.29, 0.717) is 18.9 Å². The molecule has 2 aromatic heterocycles. The topological polar surface area (TPSA) is 88.6 Å². The van der Waals surface area contributed by atoms with Gasteiger partial charge in [-0.25, -0.2) is 0 Å². The van der Waals surface area contributed by atoms with Crippen LogP contribution in [-0.4, -0.2) is 47.0 Å². The molecule has 0 unspecified atom stereocenters. The summed E-state index contributed by atoms with van der Waals surface area (Å²) >= 11 is 0. The second-order valence-corrected chi connectivity index (χ2v) is 8.11. The third-order valence-corrected chi connectivity index (χ3v) is 5.68. The number of hydrogen-bond acceptors (Lipinski definition) is 5. The first-order valence-electron chi connectivity index (χ1n) is 8.89. The van der Waals surface area contributed by atoms with E-state index < -0.39 is 24.2 Å². The number of aromatic nitrogens is 2. The van der Waals surface area contributed by atoms with Crippen LogP contribution in [-0.2, 0) is 25.3 Å². The predicted octanol–water partition coefficient (Wildman–Crippen LogP) is 0.935. The van der Waals surface area contributed by atoms with Gasteiger partial charge in [-0.1, -0.05) is 0 Å². The van der Waals surface area contributed by atoms with E-state index in [1.54, 1.807) is 6.20 Å². The molecule has 0 atom stereocenters. The third kappa shape index (κ3) is 2.73. The number of amides is 1. The van der Waals surface area contributed by atoms with Gasteiger partial charge in [-0.3, -0.25) is 9.78 Å². The van der Waals surface area contributed by atoms with Gasteiger partial charge in [0.1, 0.15) is 0 Å². The summed E-state index contributed by atoms with van der Waals surface area (Å²) in [7, 11) is -0.478. The van der Waals surface area contributed by atoms with Crippen molar-refractivity contribution >= 4 is 29.4 Å². The van der Waals surface area contributed by atoms with E-state index in [2.05, 4.69) is 15.7 Å². The highest BCUT2D eigenvalue weighted by Crippen LogP contribution is 2.37. The van der Waals surface area contributed by atoms with E-state index in [9.17, 15) is 4.79 Å². The Balaban J connectivity index is 1.81. The molecule has 1 amide bonds. The van der Waals surface area contributed by atoms with Gasteiger partial charge in [-0.15, -0.1) is 0 Å². The second-order valence-electron chi connectivity index (χ2n) is 8.11. The number of carbonyl (C=O) groups excluding carboxylic acids is 1. The summed E-state index contributed by atoms with van der Waals surface area (Å²) in [6.07, 6.45) is 3.97. The van der Waals surface area contributed by atoms with Crippen LogP contribution in [0, 0.1) is 0 Å². The summed E-state index contributed by atoms with van der Waals surface area (Å²) in [6.45, 7) is 9.49. The van der Waals surface area contributed by atoms with E-state index >= 15 is 0 Å². The van der Waals surface area contributed by atoms with Gasteiger partial charge in [-0.2, -0.15) is 0 Å². The summed E-state index contributed by atoms with van der Waals surface area (Å²) < 4.78 is 20.0. The van der Waals surface area contributed by atoms with Crippen molar-refractivity contribution in [1.29, 1.82) is 0 Å². The number of ether oxygens (including phenoxy) is 1. The van der Waals surface area contributed by atoms with Crippen molar-refractivity contribution in [3.05, 3.63) is 24.2 Å². The standard InChI is InChI=1S/C18H24BN3O4/c1-17(2)18(3,4)26-19(25-17)14-8-22(12-9-24-10-12)15-7-21-11(5-13(14)15)6-16(20)23/h5,7-8,12H,6,9-10H2,1-4H3,(H2,20,23). The van der Waals surface area contributed by atoms with Crippen LogP contribution in [0.2, 0.25) is 0 Å². The Morgan fingerprint density at radius 2 is 1.96 bits per heavy atom. The SMILES string of the molecule is CC1(C)OB(c2cn(C3COC3)c3cnc(CC(N)=O)cc23)OC1(C)C. The molecule has 0 saturated carbocycles. The van der Waals surface area contributed by atoms with Crippen molar-refractivity contribution in [2.45, 2.75) is 51.4 Å². The third-order valence-electron chi connectivity index (χ3n) is 5.68. The number of nitrogens with two attached hydrogens (primary N) is 1. The van der Waals surface area contributed by atoms with Crippen molar-refractivity contribution in [3.8, 4) is 0 Å². The Labute approximate surface area is 152 Å². The Hall–Kier alpha value is -1.90. The lowest BCUT2D eigenvalue weighted by Gasteiger charge is -2.32. The second kappa shape index (κ2) is 5.80. The number of primary amides is 1. The first-order valence-corrected chi connectivity index (χ1v) is 8.89. The molecule has 8 heteroatoms. The molecule has 0 aromatic carbocycles. The largest absolute Gasteiger partial charge is 0.497 e. The molecule has 138 valence electrons. The summed E-state index contributed by atoms with van der Waals surface area (Å²) in [4.78, 5) is 15.7. The summed E-state index contributed by atoms with van der Waals surface area (Å²) in [5, 5.41) is 0.974. The van der Waals surface area contributed by atoms with Crippen LogP contribution in [0.4, 0.5) is 0 Å². The molecule has 2 aromatic rings. The van der Waals surface area contributed by atoms with E-state index in [4.69, 9.17) is 19.8 Å². The van der Waals surface area contributed by atoms with Crippen LogP contribution in [0.15, 0.2) is 18.5 Å². The highest BCUT2D eigenvalue weighted by molar-refractivity contribution is 6.65. The molecule has 0 spiro atoms. The first-order chi connectivity index (χ1) is 12.2. The Bertz CT molecular complexity index is 857. The number of carbonyl (C=O) groups is 1. The van der Waals surface area contributed by atoms with E-state index in [1.807, 2.05) is 33.8 Å². The maximum atomic E-state index is 11.3. The van der Waals surface area contributed by atoms with Crippen molar-refractivity contribution in [3.63, 3.8) is 0 Å². The highest BCUT2D eigenvalue weighted by atomic mass is 16.7. The minimum atomic E-state index is -0.478. The molecule has 0 radical (unpaired) electrons. The smallest absolute Gasteiger partial charge is 0.399 e. The molecule has 2 saturated heterocycles. The molecule has 7 nitrogen and oxygen atoms in total. The average molecular weight is 357 g/mol. The first kappa shape index (κ1) is 17.5. The van der Waals surface area contributed by atoms with E-state index in [1.165, 1.54) is 0 Å². The number of hydrogen-bond donors (Lipinski definition) is 1. The van der Waals surface area contributed by atoms with Gasteiger partial charge in [0.05, 0.1) is 54.3 Å². The minimum Gasteiger partial charge on any atom is -0.399 e. The highest BCUT2D eigenvalue weighted by Gasteiger charge is 2.52.